The molecule has 1 saturated heterocycles. The highest BCUT2D eigenvalue weighted by molar-refractivity contribution is 5.97. The molecule has 0 bridgehead atoms. The standard InChI is InChI=1S/C55H79N15O10/c1-34(2)29-41(48(56)75)66-49(76)40(18-12-26-63-55(59)60)65-47(74)33-70-28-27-61-45(72)19-9-10-20-46(73)64-39(17-11-25-62-54(57)58)50(77)67-43(31-37-21-23-38(71)24-22-37)51(78)68-42(30-35-13-5-3-6-14-35)52(79)69-44(53(70)80)32-36-15-7-4-8-16-36/h3-8,13-16,21-24,34,39-44,71H,9-12,17-20,25-33H2,1-2H3,(H2,56,75)(H,61,72)(H,64,73)(H,65,74)(H,66,76)(H,67,77)(H,68,78)(H,69,79)(H4,57,58,62)(H4,59,60,63)/t39-,40-,41-,42-,43-,44+/m0/s1. The van der Waals surface area contributed by atoms with Crippen LogP contribution in [0.1, 0.15) is 88.3 Å². The van der Waals surface area contributed by atoms with Gasteiger partial charge in [-0.3, -0.25) is 53.1 Å². The lowest BCUT2D eigenvalue weighted by atomic mass is 10.00. The molecule has 25 heteroatoms. The van der Waals surface area contributed by atoms with Crippen LogP contribution in [0.5, 0.6) is 5.75 Å². The fraction of sp³-hybridized carbons (Fsp3) is 0.473. The lowest BCUT2D eigenvalue weighted by Gasteiger charge is -2.30. The number of hydrogen-bond acceptors (Lipinski definition) is 12. The number of phenols is 1. The first-order valence-corrected chi connectivity index (χ1v) is 26.8. The SMILES string of the molecule is CC(C)C[C@H](NC(=O)[C@H](CCCN=C(N)N)NC(=O)CN1CCNC(=O)CCCCC(=O)N[C@@H](CCCN=C(N)N)C(=O)N[C@@H](Cc2ccc(O)cc2)C(=O)N[C@@H](Cc2ccccc2)C(=O)N[C@H](Cc2ccccc2)C1=O)C(N)=O. The molecule has 1 fully saturated rings. The third-order valence-corrected chi connectivity index (χ3v) is 12.8. The second-order valence-electron chi connectivity index (χ2n) is 20.0. The topological polar surface area (TPSA) is 416 Å². The van der Waals surface area contributed by atoms with Gasteiger partial charge in [-0.25, -0.2) is 0 Å². The minimum atomic E-state index is -1.41. The first kappa shape index (κ1) is 63.8. The second-order valence-corrected chi connectivity index (χ2v) is 20.0. The van der Waals surface area contributed by atoms with E-state index in [1.165, 1.54) is 12.1 Å². The van der Waals surface area contributed by atoms with Crippen molar-refractivity contribution in [3.63, 3.8) is 0 Å². The number of nitrogens with two attached hydrogens (primary N) is 5. The molecule has 9 amide bonds. The monoisotopic (exact) mass is 1110 g/mol. The molecule has 0 aliphatic carbocycles. The van der Waals surface area contributed by atoms with E-state index in [-0.39, 0.29) is 127 Å². The molecule has 25 nitrogen and oxygen atoms in total. The van der Waals surface area contributed by atoms with Crippen LogP contribution in [0.3, 0.4) is 0 Å². The zero-order chi connectivity index (χ0) is 58.6. The summed E-state index contributed by atoms with van der Waals surface area (Å²) in [6.07, 6.45) is 0.751. The Morgan fingerprint density at radius 3 is 1.66 bits per heavy atom. The van der Waals surface area contributed by atoms with Crippen molar-refractivity contribution in [3.8, 4) is 5.75 Å². The van der Waals surface area contributed by atoms with Crippen molar-refractivity contribution < 1.29 is 48.3 Å². The molecule has 0 spiro atoms. The molecule has 1 heterocycles. The van der Waals surface area contributed by atoms with Crippen LogP contribution in [0.2, 0.25) is 0 Å². The smallest absolute Gasteiger partial charge is 0.246 e. The summed E-state index contributed by atoms with van der Waals surface area (Å²) >= 11 is 0. The van der Waals surface area contributed by atoms with Crippen LogP contribution in [0.25, 0.3) is 0 Å². The van der Waals surface area contributed by atoms with E-state index in [1.54, 1.807) is 72.8 Å². The average molecular weight is 1110 g/mol. The van der Waals surface area contributed by atoms with E-state index in [9.17, 15) is 43.5 Å². The maximum atomic E-state index is 15.2. The molecule has 80 heavy (non-hydrogen) atoms. The Bertz CT molecular complexity index is 2600. The van der Waals surface area contributed by atoms with Gasteiger partial charge in [0.2, 0.25) is 53.2 Å². The van der Waals surface area contributed by atoms with Crippen LogP contribution < -0.4 is 65.9 Å². The van der Waals surface area contributed by atoms with Crippen LogP contribution in [-0.4, -0.2) is 144 Å². The van der Waals surface area contributed by atoms with E-state index >= 15 is 4.79 Å². The van der Waals surface area contributed by atoms with Gasteiger partial charge in [0.15, 0.2) is 11.9 Å². The molecule has 3 aromatic rings. The van der Waals surface area contributed by atoms with Crippen molar-refractivity contribution in [2.24, 2.45) is 44.6 Å². The van der Waals surface area contributed by atoms with Gasteiger partial charge < -0.3 is 75.9 Å². The summed E-state index contributed by atoms with van der Waals surface area (Å²) in [6.45, 7) is 2.77. The molecule has 0 unspecified atom stereocenters. The number of nitrogens with one attached hydrogen (secondary N) is 7. The van der Waals surface area contributed by atoms with Crippen LogP contribution in [0.15, 0.2) is 94.9 Å². The number of guanidine groups is 2. The van der Waals surface area contributed by atoms with E-state index in [1.807, 2.05) is 13.8 Å². The first-order valence-electron chi connectivity index (χ1n) is 26.8. The molecule has 4 rings (SSSR count). The number of phenolic OH excluding ortho intramolecular Hbond substituents is 1. The molecule has 0 saturated carbocycles. The van der Waals surface area contributed by atoms with Crippen LogP contribution >= 0.6 is 0 Å². The third kappa shape index (κ3) is 23.9. The van der Waals surface area contributed by atoms with E-state index < -0.39 is 96.0 Å². The molecule has 0 aromatic heterocycles. The van der Waals surface area contributed by atoms with Gasteiger partial charge >= 0.3 is 0 Å². The van der Waals surface area contributed by atoms with Crippen molar-refractivity contribution in [2.75, 3.05) is 32.7 Å². The average Bonchev–Trinajstić information content (AvgIpc) is 3.41. The van der Waals surface area contributed by atoms with Crippen molar-refractivity contribution in [1.82, 2.24) is 42.1 Å². The van der Waals surface area contributed by atoms with Gasteiger partial charge in [-0.15, -0.1) is 0 Å². The summed E-state index contributed by atoms with van der Waals surface area (Å²) in [5.74, 6) is -6.85. The van der Waals surface area contributed by atoms with Crippen molar-refractivity contribution in [3.05, 3.63) is 102 Å². The van der Waals surface area contributed by atoms with Crippen LogP contribution in [0.4, 0.5) is 0 Å². The maximum Gasteiger partial charge on any atom is 0.246 e. The molecular formula is C55H79N15O10. The van der Waals surface area contributed by atoms with E-state index in [0.29, 0.717) is 16.7 Å². The van der Waals surface area contributed by atoms with Gasteiger partial charge in [0, 0.05) is 58.3 Å². The van der Waals surface area contributed by atoms with Crippen molar-refractivity contribution in [2.45, 2.75) is 127 Å². The fourth-order valence-electron chi connectivity index (χ4n) is 8.69. The Balaban J connectivity index is 1.78. The Kier molecular flexibility index (Phi) is 26.7. The number of nitrogens with zero attached hydrogens (tertiary/aromatic N) is 3. The Labute approximate surface area is 465 Å². The van der Waals surface area contributed by atoms with E-state index in [0.717, 1.165) is 4.90 Å². The van der Waals surface area contributed by atoms with Crippen molar-refractivity contribution in [1.29, 1.82) is 0 Å². The number of aromatic hydroxyl groups is 1. The third-order valence-electron chi connectivity index (χ3n) is 12.8. The summed E-state index contributed by atoms with van der Waals surface area (Å²) in [7, 11) is 0. The number of primary amides is 1. The number of aliphatic imine (C=N–C) groups is 2. The number of carbonyl (C=O) groups excluding carboxylic acids is 9. The molecule has 18 N–H and O–H groups in total. The maximum absolute atomic E-state index is 15.2. The van der Waals surface area contributed by atoms with Crippen LogP contribution in [0, 0.1) is 5.92 Å². The fourth-order valence-corrected chi connectivity index (χ4v) is 8.69. The molecular weight excluding hydrogens is 1030 g/mol. The zero-order valence-electron chi connectivity index (χ0n) is 45.5. The minimum Gasteiger partial charge on any atom is -0.508 e. The highest BCUT2D eigenvalue weighted by atomic mass is 16.3. The minimum absolute atomic E-state index is 0.00482. The summed E-state index contributed by atoms with van der Waals surface area (Å²) in [5, 5.41) is 29.3. The van der Waals surface area contributed by atoms with Crippen molar-refractivity contribution >= 4 is 65.1 Å². The number of carbonyl (C=O) groups is 9. The first-order chi connectivity index (χ1) is 38.2. The number of benzene rings is 3. The number of hydrogen-bond donors (Lipinski definition) is 13. The quantitative estimate of drug-likeness (QED) is 0.0309. The Hall–Kier alpha value is -8.77. The molecule has 0 radical (unpaired) electrons. The normalized spacial score (nSPS) is 19.0. The number of amides is 9. The van der Waals surface area contributed by atoms with Gasteiger partial charge in [-0.05, 0) is 79.7 Å². The summed E-state index contributed by atoms with van der Waals surface area (Å²) in [5.41, 5.74) is 29.4. The summed E-state index contributed by atoms with van der Waals surface area (Å²) in [6, 6.07) is 15.7. The largest absolute Gasteiger partial charge is 0.508 e. The highest BCUT2D eigenvalue weighted by Gasteiger charge is 2.35. The van der Waals surface area contributed by atoms with Gasteiger partial charge in [0.25, 0.3) is 0 Å². The Morgan fingerprint density at radius 2 is 1.12 bits per heavy atom. The van der Waals surface area contributed by atoms with Gasteiger partial charge in [-0.2, -0.15) is 0 Å². The molecule has 434 valence electrons. The summed E-state index contributed by atoms with van der Waals surface area (Å²) in [4.78, 5) is 135. The molecule has 6 atom stereocenters. The molecule has 1 aliphatic heterocycles. The zero-order valence-corrected chi connectivity index (χ0v) is 45.5. The number of rotatable bonds is 22. The highest BCUT2D eigenvalue weighted by Crippen LogP contribution is 2.15. The van der Waals surface area contributed by atoms with Gasteiger partial charge in [0.1, 0.15) is 42.0 Å². The Morgan fingerprint density at radius 1 is 0.625 bits per heavy atom. The lowest BCUT2D eigenvalue weighted by Crippen LogP contribution is -2.60. The van der Waals surface area contributed by atoms with E-state index in [4.69, 9.17) is 28.7 Å². The van der Waals surface area contributed by atoms with Crippen LogP contribution in [-0.2, 0) is 62.4 Å². The molecule has 1 aliphatic rings. The van der Waals surface area contributed by atoms with E-state index in [2.05, 4.69) is 47.2 Å². The second kappa shape index (κ2) is 33.5. The predicted molar refractivity (Wildman–Crippen MR) is 300 cm³/mol. The van der Waals surface area contributed by atoms with Gasteiger partial charge in [0.05, 0.1) is 6.54 Å². The summed E-state index contributed by atoms with van der Waals surface area (Å²) < 4.78 is 0. The lowest BCUT2D eigenvalue weighted by molar-refractivity contribution is -0.140. The van der Waals surface area contributed by atoms with Gasteiger partial charge in [-0.1, -0.05) is 86.6 Å². The predicted octanol–water partition coefficient (Wildman–Crippen LogP) is -1.51. The molecule has 3 aromatic carbocycles.